The van der Waals surface area contributed by atoms with Crippen LogP contribution in [0.25, 0.3) is 10.9 Å². The quantitative estimate of drug-likeness (QED) is 0.726. The molecule has 106 valence electrons. The second-order valence-corrected chi connectivity index (χ2v) is 5.77. The van der Waals surface area contributed by atoms with E-state index in [1.807, 2.05) is 37.3 Å². The maximum absolute atomic E-state index is 10.5. The van der Waals surface area contributed by atoms with Crippen molar-refractivity contribution in [3.05, 3.63) is 75.4 Å². The highest BCUT2D eigenvalue weighted by atomic mass is 35.5. The van der Waals surface area contributed by atoms with Gasteiger partial charge in [0.25, 0.3) is 0 Å². The molecule has 0 saturated heterocycles. The van der Waals surface area contributed by atoms with Crippen LogP contribution in [0.15, 0.2) is 48.5 Å². The molecule has 0 bridgehead atoms. The normalized spacial score (nSPS) is 12.6. The minimum Gasteiger partial charge on any atom is -0.382 e. The number of aryl methyl sites for hydroxylation is 1. The van der Waals surface area contributed by atoms with Crippen LogP contribution in [0.1, 0.15) is 22.9 Å². The third-order valence-electron chi connectivity index (χ3n) is 3.48. The number of para-hydroxylation sites is 1. The van der Waals surface area contributed by atoms with E-state index in [-0.39, 0.29) is 0 Å². The van der Waals surface area contributed by atoms with Crippen LogP contribution < -0.4 is 0 Å². The highest BCUT2D eigenvalue weighted by Crippen LogP contribution is 2.29. The van der Waals surface area contributed by atoms with Crippen molar-refractivity contribution in [2.75, 3.05) is 0 Å². The van der Waals surface area contributed by atoms with E-state index in [1.165, 1.54) is 0 Å². The first-order valence-electron chi connectivity index (χ1n) is 6.55. The van der Waals surface area contributed by atoms with Gasteiger partial charge >= 0.3 is 0 Å². The second kappa shape index (κ2) is 5.64. The fraction of sp³-hybridized carbons (Fsp3) is 0.118. The third kappa shape index (κ3) is 2.75. The van der Waals surface area contributed by atoms with E-state index in [0.717, 1.165) is 16.5 Å². The van der Waals surface area contributed by atoms with Gasteiger partial charge in [-0.15, -0.1) is 0 Å². The summed E-state index contributed by atoms with van der Waals surface area (Å²) in [6.45, 7) is 2.01. The Morgan fingerprint density at radius 3 is 2.52 bits per heavy atom. The van der Waals surface area contributed by atoms with Crippen molar-refractivity contribution in [2.45, 2.75) is 13.0 Å². The summed E-state index contributed by atoms with van der Waals surface area (Å²) < 4.78 is 0. The molecule has 0 aliphatic carbocycles. The Labute approximate surface area is 133 Å². The fourth-order valence-corrected chi connectivity index (χ4v) is 2.68. The van der Waals surface area contributed by atoms with Gasteiger partial charge in [-0.2, -0.15) is 0 Å². The molecule has 2 aromatic carbocycles. The molecule has 2 nitrogen and oxygen atoms in total. The summed E-state index contributed by atoms with van der Waals surface area (Å²) in [5.41, 5.74) is 3.22. The van der Waals surface area contributed by atoms with Crippen molar-refractivity contribution in [3.63, 3.8) is 0 Å². The number of halogens is 2. The third-order valence-corrected chi connectivity index (χ3v) is 4.22. The highest BCUT2D eigenvalue weighted by Gasteiger charge is 2.15. The Bertz CT molecular complexity index is 817. The summed E-state index contributed by atoms with van der Waals surface area (Å²) in [6, 6.07) is 14.9. The van der Waals surface area contributed by atoms with Crippen LogP contribution in [-0.4, -0.2) is 10.1 Å². The number of rotatable bonds is 2. The molecule has 0 amide bonds. The van der Waals surface area contributed by atoms with Gasteiger partial charge in [-0.3, -0.25) is 0 Å². The van der Waals surface area contributed by atoms with Gasteiger partial charge in [-0.25, -0.2) is 4.98 Å². The topological polar surface area (TPSA) is 33.1 Å². The number of fused-ring (bicyclic) bond motifs is 1. The molecule has 0 aliphatic rings. The van der Waals surface area contributed by atoms with Gasteiger partial charge in [0.1, 0.15) is 6.10 Å². The van der Waals surface area contributed by atoms with Crippen molar-refractivity contribution >= 4 is 34.1 Å². The van der Waals surface area contributed by atoms with Crippen LogP contribution in [0.4, 0.5) is 0 Å². The fourth-order valence-electron chi connectivity index (χ4n) is 2.37. The predicted molar refractivity (Wildman–Crippen MR) is 87.0 cm³/mol. The summed E-state index contributed by atoms with van der Waals surface area (Å²) in [5, 5.41) is 12.5. The molecule has 0 aliphatic heterocycles. The van der Waals surface area contributed by atoms with E-state index in [2.05, 4.69) is 4.98 Å². The van der Waals surface area contributed by atoms with Crippen LogP contribution in [0.5, 0.6) is 0 Å². The van der Waals surface area contributed by atoms with Crippen LogP contribution >= 0.6 is 23.2 Å². The highest BCUT2D eigenvalue weighted by molar-refractivity contribution is 6.42. The van der Waals surface area contributed by atoms with E-state index in [9.17, 15) is 5.11 Å². The van der Waals surface area contributed by atoms with E-state index >= 15 is 0 Å². The van der Waals surface area contributed by atoms with Gasteiger partial charge in [0.15, 0.2) is 0 Å². The van der Waals surface area contributed by atoms with Crippen molar-refractivity contribution < 1.29 is 5.11 Å². The van der Waals surface area contributed by atoms with Crippen molar-refractivity contribution in [1.29, 1.82) is 0 Å². The van der Waals surface area contributed by atoms with Crippen LogP contribution in [0, 0.1) is 6.92 Å². The first kappa shape index (κ1) is 14.3. The summed E-state index contributed by atoms with van der Waals surface area (Å²) in [4.78, 5) is 4.54. The largest absolute Gasteiger partial charge is 0.382 e. The molecule has 0 spiro atoms. The van der Waals surface area contributed by atoms with E-state index in [4.69, 9.17) is 23.2 Å². The molecular weight excluding hydrogens is 305 g/mol. The smallest absolute Gasteiger partial charge is 0.121 e. The SMILES string of the molecule is Cc1cc(C(O)c2ccc(Cl)c(Cl)c2)nc2ccccc12. The average Bonchev–Trinajstić information content (AvgIpc) is 2.49. The van der Waals surface area contributed by atoms with Crippen molar-refractivity contribution in [2.24, 2.45) is 0 Å². The first-order valence-corrected chi connectivity index (χ1v) is 7.31. The van der Waals surface area contributed by atoms with Crippen molar-refractivity contribution in [1.82, 2.24) is 4.98 Å². The molecule has 3 rings (SSSR count). The summed E-state index contributed by atoms with van der Waals surface area (Å²) >= 11 is 11.9. The molecule has 1 unspecified atom stereocenters. The number of hydrogen-bond acceptors (Lipinski definition) is 2. The lowest BCUT2D eigenvalue weighted by atomic mass is 10.0. The molecule has 1 aromatic heterocycles. The first-order chi connectivity index (χ1) is 10.1. The van der Waals surface area contributed by atoms with Gasteiger partial charge in [0.2, 0.25) is 0 Å². The molecule has 1 atom stereocenters. The van der Waals surface area contributed by atoms with E-state index < -0.39 is 6.10 Å². The lowest BCUT2D eigenvalue weighted by Crippen LogP contribution is -2.03. The minimum atomic E-state index is -0.830. The maximum atomic E-state index is 10.5. The van der Waals surface area contributed by atoms with Crippen molar-refractivity contribution in [3.8, 4) is 0 Å². The monoisotopic (exact) mass is 317 g/mol. The Balaban J connectivity index is 2.08. The number of aliphatic hydroxyl groups excluding tert-OH is 1. The zero-order chi connectivity index (χ0) is 15.0. The van der Waals surface area contributed by atoms with Gasteiger partial charge in [-0.05, 0) is 42.3 Å². The molecule has 4 heteroatoms. The molecule has 1 heterocycles. The lowest BCUT2D eigenvalue weighted by Gasteiger charge is -2.13. The number of hydrogen-bond donors (Lipinski definition) is 1. The zero-order valence-electron chi connectivity index (χ0n) is 11.3. The number of aliphatic hydroxyl groups is 1. The summed E-state index contributed by atoms with van der Waals surface area (Å²) in [7, 11) is 0. The molecule has 0 saturated carbocycles. The Morgan fingerprint density at radius 1 is 1.00 bits per heavy atom. The standard InChI is InChI=1S/C17H13Cl2NO/c1-10-8-16(20-15-5-3-2-4-12(10)15)17(21)11-6-7-13(18)14(19)9-11/h2-9,17,21H,1H3. The maximum Gasteiger partial charge on any atom is 0.121 e. The molecule has 0 fully saturated rings. The van der Waals surface area contributed by atoms with Gasteiger partial charge in [0, 0.05) is 5.39 Å². The molecule has 0 radical (unpaired) electrons. The predicted octanol–water partition coefficient (Wildman–Crippen LogP) is 4.93. The second-order valence-electron chi connectivity index (χ2n) is 4.96. The molecule has 21 heavy (non-hydrogen) atoms. The lowest BCUT2D eigenvalue weighted by molar-refractivity contribution is 0.215. The molecule has 1 N–H and O–H groups in total. The molecule has 3 aromatic rings. The summed E-state index contributed by atoms with van der Waals surface area (Å²) in [5.74, 6) is 0. The molecular formula is C17H13Cl2NO. The van der Waals surface area contributed by atoms with Crippen LogP contribution in [0.3, 0.4) is 0 Å². The Kier molecular flexibility index (Phi) is 3.85. The van der Waals surface area contributed by atoms with E-state index in [0.29, 0.717) is 21.3 Å². The Hall–Kier alpha value is -1.61. The van der Waals surface area contributed by atoms with Crippen LogP contribution in [-0.2, 0) is 0 Å². The van der Waals surface area contributed by atoms with Gasteiger partial charge in [-0.1, -0.05) is 47.5 Å². The number of benzene rings is 2. The summed E-state index contributed by atoms with van der Waals surface area (Å²) in [6.07, 6.45) is -0.830. The van der Waals surface area contributed by atoms with Crippen LogP contribution in [0.2, 0.25) is 10.0 Å². The average molecular weight is 318 g/mol. The van der Waals surface area contributed by atoms with Gasteiger partial charge < -0.3 is 5.11 Å². The Morgan fingerprint density at radius 2 is 1.76 bits per heavy atom. The number of pyridine rings is 1. The number of aromatic nitrogens is 1. The zero-order valence-corrected chi connectivity index (χ0v) is 12.9. The van der Waals surface area contributed by atoms with Gasteiger partial charge in [0.05, 0.1) is 21.3 Å². The van der Waals surface area contributed by atoms with E-state index in [1.54, 1.807) is 18.2 Å². The number of nitrogens with zero attached hydrogens (tertiary/aromatic N) is 1. The minimum absolute atomic E-state index is 0.422.